The molecule has 0 bridgehead atoms. The third kappa shape index (κ3) is 2.38. The van der Waals surface area contributed by atoms with Crippen LogP contribution in [0, 0.1) is 0 Å². The summed E-state index contributed by atoms with van der Waals surface area (Å²) in [4.78, 5) is 19.0. The predicted molar refractivity (Wildman–Crippen MR) is 91.6 cm³/mol. The predicted octanol–water partition coefficient (Wildman–Crippen LogP) is 4.18. The highest BCUT2D eigenvalue weighted by atomic mass is 35.5. The Balaban J connectivity index is 1.95. The van der Waals surface area contributed by atoms with Crippen LogP contribution in [0.25, 0.3) is 16.7 Å². The molecule has 1 aliphatic heterocycles. The quantitative estimate of drug-likeness (QED) is 0.698. The summed E-state index contributed by atoms with van der Waals surface area (Å²) in [6.45, 7) is 1.60. The third-order valence-electron chi connectivity index (χ3n) is 4.09. The third-order valence-corrected chi connectivity index (χ3v) is 4.82. The van der Waals surface area contributed by atoms with Gasteiger partial charge in [-0.05, 0) is 42.8 Å². The molecule has 0 N–H and O–H groups in total. The molecular weight excluding hydrogens is 333 g/mol. The molecule has 0 atom stereocenters. The normalized spacial score (nSPS) is 14.1. The highest BCUT2D eigenvalue weighted by Crippen LogP contribution is 2.29. The molecular formula is C17H13Cl2N3O. The van der Waals surface area contributed by atoms with Gasteiger partial charge in [0.1, 0.15) is 11.3 Å². The number of likely N-dealkylation sites (tertiary alicyclic amines) is 1. The molecule has 23 heavy (non-hydrogen) atoms. The van der Waals surface area contributed by atoms with E-state index in [9.17, 15) is 4.79 Å². The van der Waals surface area contributed by atoms with E-state index in [1.54, 1.807) is 18.3 Å². The summed E-state index contributed by atoms with van der Waals surface area (Å²) in [7, 11) is 0. The van der Waals surface area contributed by atoms with E-state index < -0.39 is 0 Å². The first-order valence-corrected chi connectivity index (χ1v) is 8.12. The van der Waals surface area contributed by atoms with Crippen LogP contribution < -0.4 is 0 Å². The Morgan fingerprint density at radius 1 is 1.09 bits per heavy atom. The van der Waals surface area contributed by atoms with Crippen molar-refractivity contribution in [2.45, 2.75) is 6.42 Å². The lowest BCUT2D eigenvalue weighted by Crippen LogP contribution is -2.42. The minimum absolute atomic E-state index is 0.0142. The van der Waals surface area contributed by atoms with Gasteiger partial charge in [-0.15, -0.1) is 0 Å². The fourth-order valence-electron chi connectivity index (χ4n) is 2.76. The molecule has 0 unspecified atom stereocenters. The number of halogens is 2. The van der Waals surface area contributed by atoms with Crippen molar-refractivity contribution in [1.29, 1.82) is 0 Å². The average molecular weight is 346 g/mol. The lowest BCUT2D eigenvalue weighted by atomic mass is 10.2. The van der Waals surface area contributed by atoms with Crippen LogP contribution in [0.2, 0.25) is 10.0 Å². The van der Waals surface area contributed by atoms with E-state index in [0.29, 0.717) is 15.7 Å². The Morgan fingerprint density at radius 2 is 1.91 bits per heavy atom. The minimum Gasteiger partial charge on any atom is -0.337 e. The van der Waals surface area contributed by atoms with Crippen molar-refractivity contribution in [2.75, 3.05) is 13.1 Å². The first kappa shape index (κ1) is 14.5. The van der Waals surface area contributed by atoms with Crippen LogP contribution in [0.5, 0.6) is 0 Å². The van der Waals surface area contributed by atoms with Gasteiger partial charge in [0, 0.05) is 30.4 Å². The van der Waals surface area contributed by atoms with Gasteiger partial charge in [-0.3, -0.25) is 9.36 Å². The average Bonchev–Trinajstić information content (AvgIpc) is 2.88. The SMILES string of the molecule is O=C(c1cc2cccnc2n1-c1ccc(Cl)c(Cl)c1)N1CCC1. The van der Waals surface area contributed by atoms with Gasteiger partial charge < -0.3 is 4.90 Å². The van der Waals surface area contributed by atoms with Crippen LogP contribution in [0.4, 0.5) is 0 Å². The second-order valence-corrected chi connectivity index (χ2v) is 6.34. The molecule has 2 aromatic heterocycles. The summed E-state index contributed by atoms with van der Waals surface area (Å²) in [6, 6.07) is 11.0. The van der Waals surface area contributed by atoms with Crippen LogP contribution in [0.15, 0.2) is 42.6 Å². The van der Waals surface area contributed by atoms with Crippen LogP contribution in [-0.4, -0.2) is 33.4 Å². The van der Waals surface area contributed by atoms with Crippen LogP contribution in [0.1, 0.15) is 16.9 Å². The van der Waals surface area contributed by atoms with Gasteiger partial charge in [0.15, 0.2) is 0 Å². The molecule has 3 aromatic rings. The van der Waals surface area contributed by atoms with Crippen molar-refractivity contribution in [3.05, 3.63) is 58.3 Å². The largest absolute Gasteiger partial charge is 0.337 e. The maximum atomic E-state index is 12.8. The van der Waals surface area contributed by atoms with Crippen LogP contribution in [-0.2, 0) is 0 Å². The fourth-order valence-corrected chi connectivity index (χ4v) is 3.05. The Kier molecular flexibility index (Phi) is 3.51. The molecule has 3 heterocycles. The number of hydrogen-bond acceptors (Lipinski definition) is 2. The van der Waals surface area contributed by atoms with Gasteiger partial charge in [-0.2, -0.15) is 0 Å². The smallest absolute Gasteiger partial charge is 0.270 e. The molecule has 0 aliphatic carbocycles. The van der Waals surface area contributed by atoms with E-state index in [2.05, 4.69) is 4.98 Å². The monoisotopic (exact) mass is 345 g/mol. The van der Waals surface area contributed by atoms with Crippen molar-refractivity contribution in [3.63, 3.8) is 0 Å². The van der Waals surface area contributed by atoms with Crippen molar-refractivity contribution < 1.29 is 4.79 Å². The van der Waals surface area contributed by atoms with Crippen molar-refractivity contribution in [2.24, 2.45) is 0 Å². The van der Waals surface area contributed by atoms with Gasteiger partial charge >= 0.3 is 0 Å². The molecule has 4 rings (SSSR count). The number of rotatable bonds is 2. The van der Waals surface area contributed by atoms with Gasteiger partial charge in [-0.25, -0.2) is 4.98 Å². The number of carbonyl (C=O) groups excluding carboxylic acids is 1. The maximum absolute atomic E-state index is 12.8. The molecule has 6 heteroatoms. The fraction of sp³-hybridized carbons (Fsp3) is 0.176. The second-order valence-electron chi connectivity index (χ2n) is 5.53. The Morgan fingerprint density at radius 3 is 2.61 bits per heavy atom. The lowest BCUT2D eigenvalue weighted by Gasteiger charge is -2.31. The molecule has 0 radical (unpaired) electrons. The molecule has 1 aliphatic rings. The number of fused-ring (bicyclic) bond motifs is 1. The van der Waals surface area contributed by atoms with E-state index in [-0.39, 0.29) is 5.91 Å². The maximum Gasteiger partial charge on any atom is 0.270 e. The standard InChI is InChI=1S/C17H13Cl2N3O/c18-13-5-4-12(10-14(13)19)22-15(17(23)21-7-2-8-21)9-11-3-1-6-20-16(11)22/h1,3-6,9-10H,2,7-8H2. The van der Waals surface area contributed by atoms with E-state index >= 15 is 0 Å². The van der Waals surface area contributed by atoms with E-state index in [4.69, 9.17) is 23.2 Å². The van der Waals surface area contributed by atoms with E-state index in [1.165, 1.54) is 0 Å². The Bertz CT molecular complexity index is 915. The van der Waals surface area contributed by atoms with Crippen LogP contribution in [0.3, 0.4) is 0 Å². The Labute approximate surface area is 143 Å². The summed E-state index contributed by atoms with van der Waals surface area (Å²) in [5.74, 6) is 0.0142. The molecule has 4 nitrogen and oxygen atoms in total. The molecule has 0 saturated carbocycles. The molecule has 1 aromatic carbocycles. The molecule has 1 saturated heterocycles. The number of nitrogens with zero attached hydrogens (tertiary/aromatic N) is 3. The topological polar surface area (TPSA) is 38.1 Å². The molecule has 116 valence electrons. The zero-order valence-electron chi connectivity index (χ0n) is 12.2. The first-order valence-electron chi connectivity index (χ1n) is 7.36. The lowest BCUT2D eigenvalue weighted by molar-refractivity contribution is 0.0644. The van der Waals surface area contributed by atoms with Gasteiger partial charge in [-0.1, -0.05) is 23.2 Å². The van der Waals surface area contributed by atoms with E-state index in [1.807, 2.05) is 33.7 Å². The summed E-state index contributed by atoms with van der Waals surface area (Å²) in [5, 5.41) is 1.85. The number of pyridine rings is 1. The minimum atomic E-state index is 0.0142. The highest BCUT2D eigenvalue weighted by molar-refractivity contribution is 6.42. The van der Waals surface area contributed by atoms with Crippen molar-refractivity contribution in [3.8, 4) is 5.69 Å². The summed E-state index contributed by atoms with van der Waals surface area (Å²) >= 11 is 12.2. The van der Waals surface area contributed by atoms with Crippen molar-refractivity contribution in [1.82, 2.24) is 14.5 Å². The van der Waals surface area contributed by atoms with Gasteiger partial charge in [0.25, 0.3) is 5.91 Å². The Hall–Kier alpha value is -2.04. The zero-order chi connectivity index (χ0) is 16.0. The van der Waals surface area contributed by atoms with Crippen LogP contribution >= 0.6 is 23.2 Å². The van der Waals surface area contributed by atoms with E-state index in [0.717, 1.165) is 36.2 Å². The number of hydrogen-bond donors (Lipinski definition) is 0. The zero-order valence-corrected chi connectivity index (χ0v) is 13.7. The number of carbonyl (C=O) groups is 1. The van der Waals surface area contributed by atoms with Crippen molar-refractivity contribution >= 4 is 40.1 Å². The number of amides is 1. The second kappa shape index (κ2) is 5.55. The van der Waals surface area contributed by atoms with Gasteiger partial charge in [0.2, 0.25) is 0 Å². The number of aromatic nitrogens is 2. The summed E-state index contributed by atoms with van der Waals surface area (Å²) in [6.07, 6.45) is 2.77. The summed E-state index contributed by atoms with van der Waals surface area (Å²) < 4.78 is 1.85. The van der Waals surface area contributed by atoms with Gasteiger partial charge in [0.05, 0.1) is 10.0 Å². The summed E-state index contributed by atoms with van der Waals surface area (Å²) in [5.41, 5.74) is 2.10. The molecule has 1 fully saturated rings. The highest BCUT2D eigenvalue weighted by Gasteiger charge is 2.26. The number of benzene rings is 1. The first-order chi connectivity index (χ1) is 11.1. The molecule has 1 amide bonds. The molecule has 0 spiro atoms.